The number of nitrogens with one attached hydrogen (secondary N) is 1. The molecule has 0 saturated heterocycles. The lowest BCUT2D eigenvalue weighted by Gasteiger charge is -2.30. The van der Waals surface area contributed by atoms with Gasteiger partial charge in [0.2, 0.25) is 0 Å². The maximum atomic E-state index is 12.9. The summed E-state index contributed by atoms with van der Waals surface area (Å²) in [5, 5.41) is 2.98. The Labute approximate surface area is 168 Å². The zero-order valence-corrected chi connectivity index (χ0v) is 16.9. The van der Waals surface area contributed by atoms with Crippen molar-refractivity contribution in [2.45, 2.75) is 39.0 Å². The second kappa shape index (κ2) is 7.13. The molecule has 1 amide bonds. The number of aromatic nitrogens is 1. The number of halogens is 3. The molecule has 0 aliphatic carbocycles. The number of nitrogens with zero attached hydrogens (tertiary/aromatic N) is 2. The number of para-hydroxylation sites is 1. The summed E-state index contributed by atoms with van der Waals surface area (Å²) in [5.74, 6) is -1.95. The fraction of sp³-hybridized carbons (Fsp3) is 0.368. The van der Waals surface area contributed by atoms with Crippen molar-refractivity contribution in [3.05, 3.63) is 34.7 Å². The number of benzene rings is 1. The van der Waals surface area contributed by atoms with Gasteiger partial charge < -0.3 is 5.32 Å². The summed E-state index contributed by atoms with van der Waals surface area (Å²) in [7, 11) is 0. The van der Waals surface area contributed by atoms with E-state index in [9.17, 15) is 18.0 Å². The third-order valence-electron chi connectivity index (χ3n) is 4.81. The average Bonchev–Trinajstić information content (AvgIpc) is 3.20. The summed E-state index contributed by atoms with van der Waals surface area (Å²) in [6.45, 7) is 5.68. The number of amides is 1. The highest BCUT2D eigenvalue weighted by molar-refractivity contribution is 7.22. The first-order chi connectivity index (χ1) is 13.2. The zero-order chi connectivity index (χ0) is 20.1. The first kappa shape index (κ1) is 19.4. The number of rotatable bonds is 3. The van der Waals surface area contributed by atoms with Crippen LogP contribution in [-0.2, 0) is 17.8 Å². The number of anilines is 1. The van der Waals surface area contributed by atoms with Crippen LogP contribution in [0.1, 0.15) is 24.3 Å². The summed E-state index contributed by atoms with van der Waals surface area (Å²) in [5.41, 5.74) is 2.44. The van der Waals surface area contributed by atoms with E-state index in [1.54, 1.807) is 0 Å². The van der Waals surface area contributed by atoms with E-state index >= 15 is 0 Å². The molecule has 0 unspecified atom stereocenters. The number of alkyl halides is 3. The Morgan fingerprint density at radius 2 is 2.00 bits per heavy atom. The van der Waals surface area contributed by atoms with Crippen molar-refractivity contribution >= 4 is 43.8 Å². The highest BCUT2D eigenvalue weighted by Gasteiger charge is 2.40. The van der Waals surface area contributed by atoms with Crippen molar-refractivity contribution < 1.29 is 18.0 Å². The maximum absolute atomic E-state index is 12.9. The quantitative estimate of drug-likeness (QED) is 0.620. The number of thiazole rings is 1. The van der Waals surface area contributed by atoms with Crippen molar-refractivity contribution in [2.24, 2.45) is 0 Å². The first-order valence-electron chi connectivity index (χ1n) is 8.86. The van der Waals surface area contributed by atoms with Gasteiger partial charge in [-0.2, -0.15) is 13.2 Å². The van der Waals surface area contributed by atoms with Crippen LogP contribution in [0.5, 0.6) is 0 Å². The second-order valence-corrected chi connectivity index (χ2v) is 9.10. The number of hydrogen-bond donors (Lipinski definition) is 1. The molecule has 3 heterocycles. The molecule has 3 aromatic rings. The van der Waals surface area contributed by atoms with Gasteiger partial charge in [0.05, 0.1) is 10.2 Å². The number of hydrogen-bond acceptors (Lipinski definition) is 5. The molecule has 0 saturated carbocycles. The summed E-state index contributed by atoms with van der Waals surface area (Å²) >= 11 is 2.66. The van der Waals surface area contributed by atoms with Crippen LogP contribution in [0, 0.1) is 0 Å². The molecule has 28 heavy (non-hydrogen) atoms. The molecule has 148 valence electrons. The molecule has 4 rings (SSSR count). The summed E-state index contributed by atoms with van der Waals surface area (Å²) < 4.78 is 39.5. The Balaban J connectivity index is 1.82. The van der Waals surface area contributed by atoms with Crippen molar-refractivity contribution in [2.75, 3.05) is 11.9 Å². The van der Waals surface area contributed by atoms with E-state index < -0.39 is 12.1 Å². The molecule has 1 aliphatic rings. The van der Waals surface area contributed by atoms with Crippen molar-refractivity contribution in [3.8, 4) is 10.6 Å². The van der Waals surface area contributed by atoms with E-state index in [0.717, 1.165) is 33.6 Å². The van der Waals surface area contributed by atoms with E-state index in [-0.39, 0.29) is 5.00 Å². The van der Waals surface area contributed by atoms with Crippen LogP contribution < -0.4 is 5.32 Å². The molecular weight excluding hydrogens is 407 g/mol. The van der Waals surface area contributed by atoms with Crippen molar-refractivity contribution in [3.63, 3.8) is 0 Å². The molecule has 0 spiro atoms. The lowest BCUT2D eigenvalue weighted by atomic mass is 10.0. The lowest BCUT2D eigenvalue weighted by molar-refractivity contribution is -0.167. The third kappa shape index (κ3) is 3.54. The molecule has 1 N–H and O–H groups in total. The van der Waals surface area contributed by atoms with E-state index in [4.69, 9.17) is 0 Å². The highest BCUT2D eigenvalue weighted by atomic mass is 32.1. The molecule has 1 aromatic carbocycles. The minimum Gasteiger partial charge on any atom is -0.309 e. The Morgan fingerprint density at radius 1 is 1.25 bits per heavy atom. The van der Waals surface area contributed by atoms with Crippen LogP contribution >= 0.6 is 22.7 Å². The van der Waals surface area contributed by atoms with Crippen LogP contribution in [0.25, 0.3) is 20.8 Å². The van der Waals surface area contributed by atoms with E-state index in [1.165, 1.54) is 22.7 Å². The maximum Gasteiger partial charge on any atom is 0.471 e. The summed E-state index contributed by atoms with van der Waals surface area (Å²) in [6.07, 6.45) is -4.21. The van der Waals surface area contributed by atoms with Gasteiger partial charge in [0.25, 0.3) is 0 Å². The topological polar surface area (TPSA) is 45.2 Å². The molecular formula is C19H18F3N3OS2. The SMILES string of the molecule is CC(C)N1CCc2c(sc(NC(=O)C(F)(F)F)c2-c2nc3ccccc3s2)C1. The van der Waals surface area contributed by atoms with Crippen LogP contribution in [0.2, 0.25) is 0 Å². The Hall–Kier alpha value is -1.97. The van der Waals surface area contributed by atoms with Gasteiger partial charge in [-0.3, -0.25) is 9.69 Å². The summed E-state index contributed by atoms with van der Waals surface area (Å²) in [6, 6.07) is 7.93. The predicted molar refractivity (Wildman–Crippen MR) is 107 cm³/mol. The Morgan fingerprint density at radius 3 is 2.68 bits per heavy atom. The number of fused-ring (bicyclic) bond motifs is 2. The molecule has 0 radical (unpaired) electrons. The van der Waals surface area contributed by atoms with Gasteiger partial charge in [0.1, 0.15) is 10.0 Å². The van der Waals surface area contributed by atoms with Crippen LogP contribution in [-0.4, -0.2) is 34.6 Å². The molecule has 0 fully saturated rings. The summed E-state index contributed by atoms with van der Waals surface area (Å²) in [4.78, 5) is 19.5. The molecule has 1 aliphatic heterocycles. The third-order valence-corrected chi connectivity index (χ3v) is 7.00. The Bertz CT molecular complexity index is 1010. The van der Waals surface area contributed by atoms with Crippen LogP contribution in [0.4, 0.5) is 18.2 Å². The molecule has 2 aromatic heterocycles. The van der Waals surface area contributed by atoms with Crippen molar-refractivity contribution in [1.29, 1.82) is 0 Å². The van der Waals surface area contributed by atoms with Gasteiger partial charge in [0.15, 0.2) is 0 Å². The van der Waals surface area contributed by atoms with Gasteiger partial charge in [0, 0.05) is 29.6 Å². The second-order valence-electron chi connectivity index (χ2n) is 6.96. The normalized spacial score (nSPS) is 15.2. The van der Waals surface area contributed by atoms with Gasteiger partial charge in [-0.25, -0.2) is 4.98 Å². The number of thiophene rings is 1. The predicted octanol–water partition coefficient (Wildman–Crippen LogP) is 5.29. The molecule has 0 bridgehead atoms. The zero-order valence-electron chi connectivity index (χ0n) is 15.3. The fourth-order valence-electron chi connectivity index (χ4n) is 3.33. The highest BCUT2D eigenvalue weighted by Crippen LogP contribution is 2.46. The molecule has 0 atom stereocenters. The Kier molecular flexibility index (Phi) is 4.93. The minimum atomic E-state index is -4.93. The van der Waals surface area contributed by atoms with Crippen LogP contribution in [0.3, 0.4) is 0 Å². The van der Waals surface area contributed by atoms with Gasteiger partial charge in [-0.15, -0.1) is 22.7 Å². The minimum absolute atomic E-state index is 0.233. The molecule has 9 heteroatoms. The van der Waals surface area contributed by atoms with Gasteiger partial charge in [-0.05, 0) is 38.0 Å². The lowest BCUT2D eigenvalue weighted by Crippen LogP contribution is -2.35. The van der Waals surface area contributed by atoms with E-state index in [0.29, 0.717) is 23.2 Å². The molecule has 4 nitrogen and oxygen atoms in total. The number of carbonyl (C=O) groups is 1. The van der Waals surface area contributed by atoms with Gasteiger partial charge >= 0.3 is 12.1 Å². The first-order valence-corrected chi connectivity index (χ1v) is 10.5. The monoisotopic (exact) mass is 425 g/mol. The fourth-order valence-corrected chi connectivity index (χ4v) is 5.71. The number of carbonyl (C=O) groups excluding carboxylic acids is 1. The van der Waals surface area contributed by atoms with E-state index in [2.05, 4.69) is 29.0 Å². The van der Waals surface area contributed by atoms with Gasteiger partial charge in [-0.1, -0.05) is 12.1 Å². The van der Waals surface area contributed by atoms with E-state index in [1.807, 2.05) is 24.3 Å². The van der Waals surface area contributed by atoms with Crippen molar-refractivity contribution in [1.82, 2.24) is 9.88 Å². The smallest absolute Gasteiger partial charge is 0.309 e. The standard InChI is InChI=1S/C19H18F3N3OS2/c1-10(2)25-8-7-11-14(9-25)28-17(24-18(26)19(20,21)22)15(11)16-23-12-5-3-4-6-13(12)27-16/h3-6,10H,7-9H2,1-2H3,(H,24,26). The van der Waals surface area contributed by atoms with Crippen LogP contribution in [0.15, 0.2) is 24.3 Å². The largest absolute Gasteiger partial charge is 0.471 e. The average molecular weight is 426 g/mol.